The number of hydrogen-bond acceptors (Lipinski definition) is 16. The summed E-state index contributed by atoms with van der Waals surface area (Å²) in [6.45, 7) is 4.63. The second-order valence-electron chi connectivity index (χ2n) is 16.7. The van der Waals surface area contributed by atoms with E-state index < -0.39 is 103 Å². The van der Waals surface area contributed by atoms with Crippen LogP contribution in [0.25, 0.3) is 0 Å². The summed E-state index contributed by atoms with van der Waals surface area (Å²) in [4.78, 5) is 24.5. The standard InChI is InChI=1S/C37H56O16/c1-16-31(53-33-29(43)28(42)27(41)24(14-38)52-33)32(47-4)30(44)34(49-16)51-20-12-19-5-6-22-23(37(19,46)25(13-20)50-17(2)39)7-9-35(3)21(8-10-36(22,35)45)18-11-26(40)48-15-18/h11,16,19-25,27-34,38,41-46H,5-10,12-15H2,1-4H3/t16-,19+,20+,21+,22+,23-,24+,25+,27+,28-,29+,30+,31+,32-,33-,34-,35+,36-,37+/m0/s1. The third-order valence-corrected chi connectivity index (χ3v) is 14.2. The molecule has 0 aromatic carbocycles. The van der Waals surface area contributed by atoms with Crippen LogP contribution in [0.15, 0.2) is 11.6 Å². The average molecular weight is 757 g/mol. The first-order valence-electron chi connectivity index (χ1n) is 19.0. The number of aliphatic hydroxyl groups is 7. The lowest BCUT2D eigenvalue weighted by Crippen LogP contribution is -2.70. The molecule has 16 nitrogen and oxygen atoms in total. The van der Waals surface area contributed by atoms with Gasteiger partial charge >= 0.3 is 11.9 Å². The van der Waals surface area contributed by atoms with E-state index in [9.17, 15) is 45.3 Å². The van der Waals surface area contributed by atoms with Crippen LogP contribution in [0.1, 0.15) is 72.1 Å². The smallest absolute Gasteiger partial charge is 0.331 e. The van der Waals surface area contributed by atoms with Crippen molar-refractivity contribution >= 4 is 11.9 Å². The zero-order valence-corrected chi connectivity index (χ0v) is 30.7. The van der Waals surface area contributed by atoms with Crippen molar-refractivity contribution in [2.75, 3.05) is 20.3 Å². The van der Waals surface area contributed by atoms with Gasteiger partial charge in [-0.1, -0.05) is 6.92 Å². The molecule has 0 amide bonds. The molecule has 300 valence electrons. The first-order chi connectivity index (χ1) is 25.1. The molecule has 3 heterocycles. The van der Waals surface area contributed by atoms with Gasteiger partial charge in [0, 0.05) is 31.9 Å². The van der Waals surface area contributed by atoms with Crippen LogP contribution in [-0.4, -0.2) is 153 Å². The number of carbonyl (C=O) groups is 2. The number of carbonyl (C=O) groups excluding carboxylic acids is 2. The Bertz CT molecular complexity index is 1410. The van der Waals surface area contributed by atoms with Crippen molar-refractivity contribution in [2.24, 2.45) is 29.1 Å². The third kappa shape index (κ3) is 6.38. The molecule has 6 fully saturated rings. The van der Waals surface area contributed by atoms with E-state index in [1.54, 1.807) is 13.0 Å². The Morgan fingerprint density at radius 2 is 1.64 bits per heavy atom. The summed E-state index contributed by atoms with van der Waals surface area (Å²) >= 11 is 0. The van der Waals surface area contributed by atoms with Crippen molar-refractivity contribution in [1.82, 2.24) is 0 Å². The van der Waals surface area contributed by atoms with Gasteiger partial charge in [0.15, 0.2) is 12.6 Å². The van der Waals surface area contributed by atoms with Gasteiger partial charge < -0.3 is 68.9 Å². The van der Waals surface area contributed by atoms with Gasteiger partial charge in [-0.15, -0.1) is 0 Å². The van der Waals surface area contributed by atoms with Gasteiger partial charge in [0.1, 0.15) is 61.0 Å². The fraction of sp³-hybridized carbons (Fsp3) is 0.892. The van der Waals surface area contributed by atoms with E-state index in [2.05, 4.69) is 6.92 Å². The van der Waals surface area contributed by atoms with Gasteiger partial charge in [0.25, 0.3) is 0 Å². The molecule has 3 aliphatic heterocycles. The van der Waals surface area contributed by atoms with Gasteiger partial charge in [0.2, 0.25) is 0 Å². The molecule has 16 heteroatoms. The molecule has 0 spiro atoms. The molecule has 4 saturated carbocycles. The van der Waals surface area contributed by atoms with E-state index in [1.165, 1.54) is 14.0 Å². The maximum absolute atomic E-state index is 12.8. The highest BCUT2D eigenvalue weighted by molar-refractivity contribution is 5.85. The highest BCUT2D eigenvalue weighted by Crippen LogP contribution is 2.68. The number of rotatable bonds is 8. The van der Waals surface area contributed by atoms with Crippen molar-refractivity contribution < 1.29 is 78.5 Å². The SMILES string of the molecule is CO[C@H]1[C@@H](O)[C@H](O[C@@H]2C[C@H]3CC[C@@H]4[C@H](CC[C@]5(C)[C@@H](C6=CC(=O)OC6)CC[C@]45O)[C@@]3(O)[C@H](OC(C)=O)C2)O[C@@H](C)[C@H]1O[C@@H]1O[C@H](CO)[C@@H](O)[C@H](O)[C@H]1O. The molecule has 0 radical (unpaired) electrons. The molecular weight excluding hydrogens is 700 g/mol. The lowest BCUT2D eigenvalue weighted by molar-refractivity contribution is -0.364. The van der Waals surface area contributed by atoms with E-state index in [1.807, 2.05) is 0 Å². The number of ether oxygens (including phenoxy) is 7. The zero-order valence-electron chi connectivity index (χ0n) is 30.7. The van der Waals surface area contributed by atoms with Crippen LogP contribution in [-0.2, 0) is 42.7 Å². The van der Waals surface area contributed by atoms with Crippen molar-refractivity contribution in [3.05, 3.63) is 11.6 Å². The normalized spacial score (nSPS) is 52.5. The van der Waals surface area contributed by atoms with Gasteiger partial charge in [0.05, 0.1) is 24.4 Å². The van der Waals surface area contributed by atoms with E-state index >= 15 is 0 Å². The molecular formula is C37H56O16. The highest BCUT2D eigenvalue weighted by atomic mass is 16.7. The molecule has 19 atom stereocenters. The van der Waals surface area contributed by atoms with Crippen LogP contribution >= 0.6 is 0 Å². The minimum atomic E-state index is -1.67. The van der Waals surface area contributed by atoms with Crippen molar-refractivity contribution in [1.29, 1.82) is 0 Å². The molecule has 0 aromatic rings. The predicted molar refractivity (Wildman–Crippen MR) is 178 cm³/mol. The van der Waals surface area contributed by atoms with E-state index in [-0.39, 0.29) is 42.7 Å². The summed E-state index contributed by atoms with van der Waals surface area (Å²) in [6, 6.07) is 0. The van der Waals surface area contributed by atoms with Crippen molar-refractivity contribution in [2.45, 2.75) is 157 Å². The molecule has 0 bridgehead atoms. The summed E-state index contributed by atoms with van der Waals surface area (Å²) in [5.74, 6) is -1.88. The fourth-order valence-corrected chi connectivity index (χ4v) is 11.5. The quantitative estimate of drug-likeness (QED) is 0.119. The number of cyclic esters (lactones) is 1. The van der Waals surface area contributed by atoms with Crippen molar-refractivity contribution in [3.63, 3.8) is 0 Å². The van der Waals surface area contributed by atoms with Crippen LogP contribution < -0.4 is 0 Å². The van der Waals surface area contributed by atoms with E-state index in [0.29, 0.717) is 44.9 Å². The topological polar surface area (TPSA) is 240 Å². The fourth-order valence-electron chi connectivity index (χ4n) is 11.5. The number of fused-ring (bicyclic) bond motifs is 5. The second kappa shape index (κ2) is 14.6. The summed E-state index contributed by atoms with van der Waals surface area (Å²) < 4.78 is 40.7. The summed E-state index contributed by atoms with van der Waals surface area (Å²) in [5, 5.41) is 77.4. The van der Waals surface area contributed by atoms with Gasteiger partial charge in [-0.3, -0.25) is 4.79 Å². The lowest BCUT2D eigenvalue weighted by Gasteiger charge is -2.64. The van der Waals surface area contributed by atoms with E-state index in [4.69, 9.17) is 33.2 Å². The Morgan fingerprint density at radius 1 is 0.906 bits per heavy atom. The number of esters is 2. The first kappa shape index (κ1) is 39.4. The Kier molecular flexibility index (Phi) is 10.9. The highest BCUT2D eigenvalue weighted by Gasteiger charge is 2.70. The summed E-state index contributed by atoms with van der Waals surface area (Å²) in [5.41, 5.74) is -2.13. The van der Waals surface area contributed by atoms with Crippen LogP contribution in [0.3, 0.4) is 0 Å². The predicted octanol–water partition coefficient (Wildman–Crippen LogP) is -0.799. The maximum atomic E-state index is 12.8. The minimum absolute atomic E-state index is 0.0110. The molecule has 53 heavy (non-hydrogen) atoms. The molecule has 0 unspecified atom stereocenters. The van der Waals surface area contributed by atoms with Gasteiger partial charge in [-0.2, -0.15) is 0 Å². The Labute approximate surface area is 308 Å². The first-order valence-corrected chi connectivity index (χ1v) is 19.0. The van der Waals surface area contributed by atoms with E-state index in [0.717, 1.165) is 5.57 Å². The van der Waals surface area contributed by atoms with Crippen LogP contribution in [0.2, 0.25) is 0 Å². The maximum Gasteiger partial charge on any atom is 0.331 e. The van der Waals surface area contributed by atoms with Crippen LogP contribution in [0, 0.1) is 29.1 Å². The molecule has 0 aromatic heterocycles. The zero-order chi connectivity index (χ0) is 38.2. The minimum Gasteiger partial charge on any atom is -0.459 e. The molecule has 7 rings (SSSR count). The van der Waals surface area contributed by atoms with Gasteiger partial charge in [-0.05, 0) is 81.1 Å². The van der Waals surface area contributed by atoms with Gasteiger partial charge in [-0.25, -0.2) is 4.79 Å². The summed E-state index contributed by atoms with van der Waals surface area (Å²) in [6.07, 6.45) is -8.97. The Morgan fingerprint density at radius 3 is 2.30 bits per heavy atom. The van der Waals surface area contributed by atoms with Crippen LogP contribution in [0.5, 0.6) is 0 Å². The monoisotopic (exact) mass is 756 g/mol. The molecule has 4 aliphatic carbocycles. The molecule has 7 aliphatic rings. The lowest BCUT2D eigenvalue weighted by atomic mass is 9.45. The number of hydrogen-bond donors (Lipinski definition) is 7. The molecule has 2 saturated heterocycles. The summed E-state index contributed by atoms with van der Waals surface area (Å²) in [7, 11) is 1.36. The average Bonchev–Trinajstić information content (AvgIpc) is 3.66. The molecule has 7 N–H and O–H groups in total. The third-order valence-electron chi connectivity index (χ3n) is 14.2. The van der Waals surface area contributed by atoms with Crippen molar-refractivity contribution in [3.8, 4) is 0 Å². The largest absolute Gasteiger partial charge is 0.459 e. The Balaban J connectivity index is 1.06. The number of methoxy groups -OCH3 is 1. The van der Waals surface area contributed by atoms with Crippen LogP contribution in [0.4, 0.5) is 0 Å². The number of aliphatic hydroxyl groups excluding tert-OH is 5. The Hall–Kier alpha value is -1.80. The second-order valence-corrected chi connectivity index (χ2v) is 16.7.